The van der Waals surface area contributed by atoms with Crippen molar-refractivity contribution in [3.63, 3.8) is 0 Å². The molecule has 0 radical (unpaired) electrons. The number of ether oxygens (including phenoxy) is 1. The smallest absolute Gasteiger partial charge is 0.133 e. The second kappa shape index (κ2) is 7.35. The predicted molar refractivity (Wildman–Crippen MR) is 71.7 cm³/mol. The lowest BCUT2D eigenvalue weighted by molar-refractivity contribution is 0.338. The Bertz CT molecular complexity index is 387. The minimum Gasteiger partial charge on any atom is -0.493 e. The monoisotopic (exact) mass is 280 g/mol. The highest BCUT2D eigenvalue weighted by Crippen LogP contribution is 2.26. The van der Waals surface area contributed by atoms with Crippen LogP contribution >= 0.6 is 15.9 Å². The number of aryl methyl sites for hydroxylation is 1. The first-order valence-electron chi connectivity index (χ1n) is 5.64. The fourth-order valence-corrected chi connectivity index (χ4v) is 1.93. The zero-order valence-electron chi connectivity index (χ0n) is 9.85. The summed E-state index contributed by atoms with van der Waals surface area (Å²) >= 11 is 3.51. The molecule has 86 valence electrons. The normalized spacial score (nSPS) is 9.44. The van der Waals surface area contributed by atoms with E-state index in [1.165, 1.54) is 5.56 Å². The van der Waals surface area contributed by atoms with Crippen LogP contribution in [0.1, 0.15) is 32.3 Å². The molecule has 0 aliphatic heterocycles. The van der Waals surface area contributed by atoms with Crippen molar-refractivity contribution in [2.24, 2.45) is 0 Å². The van der Waals surface area contributed by atoms with Crippen LogP contribution < -0.4 is 4.74 Å². The van der Waals surface area contributed by atoms with Crippen molar-refractivity contribution in [2.45, 2.75) is 33.1 Å². The Morgan fingerprint density at radius 3 is 2.69 bits per heavy atom. The van der Waals surface area contributed by atoms with Gasteiger partial charge in [0.2, 0.25) is 0 Å². The van der Waals surface area contributed by atoms with E-state index < -0.39 is 0 Å². The zero-order valence-corrected chi connectivity index (χ0v) is 11.4. The lowest BCUT2D eigenvalue weighted by Crippen LogP contribution is -1.93. The Morgan fingerprint density at radius 2 is 2.06 bits per heavy atom. The van der Waals surface area contributed by atoms with Crippen molar-refractivity contribution >= 4 is 15.9 Å². The molecule has 1 nitrogen and oxygen atoms in total. The third-order valence-electron chi connectivity index (χ3n) is 2.14. The lowest BCUT2D eigenvalue weighted by atomic mass is 10.1. The van der Waals surface area contributed by atoms with Gasteiger partial charge in [-0.2, -0.15) is 0 Å². The Morgan fingerprint density at radius 1 is 1.25 bits per heavy atom. The molecule has 1 aromatic carbocycles. The molecule has 0 aliphatic carbocycles. The summed E-state index contributed by atoms with van der Waals surface area (Å²) in [5, 5.41) is 0. The highest BCUT2D eigenvalue weighted by molar-refractivity contribution is 9.10. The molecule has 0 bridgehead atoms. The van der Waals surface area contributed by atoms with E-state index >= 15 is 0 Å². The molecule has 0 N–H and O–H groups in total. The van der Waals surface area contributed by atoms with Crippen LogP contribution in [0.3, 0.4) is 0 Å². The van der Waals surface area contributed by atoms with Crippen molar-refractivity contribution in [3.8, 4) is 17.6 Å². The Balaban J connectivity index is 2.59. The van der Waals surface area contributed by atoms with Crippen molar-refractivity contribution in [2.75, 3.05) is 6.61 Å². The molecular formula is C14H17BrO. The third kappa shape index (κ3) is 4.28. The first-order valence-corrected chi connectivity index (χ1v) is 6.44. The van der Waals surface area contributed by atoms with Gasteiger partial charge in [0.25, 0.3) is 0 Å². The standard InChI is InChI=1S/C14H17BrO/c1-3-5-6-7-8-12-9-10-14(16-4-2)13(15)11-12/h9-11H,3-4,7-8H2,1-2H3. The quantitative estimate of drug-likeness (QED) is 0.752. The summed E-state index contributed by atoms with van der Waals surface area (Å²) in [6.07, 6.45) is 2.86. The van der Waals surface area contributed by atoms with Crippen molar-refractivity contribution < 1.29 is 4.74 Å². The van der Waals surface area contributed by atoms with E-state index in [0.717, 1.165) is 29.5 Å². The summed E-state index contributed by atoms with van der Waals surface area (Å²) in [7, 11) is 0. The van der Waals surface area contributed by atoms with Gasteiger partial charge in [-0.15, -0.1) is 11.8 Å². The van der Waals surface area contributed by atoms with Gasteiger partial charge in [-0.3, -0.25) is 0 Å². The molecule has 16 heavy (non-hydrogen) atoms. The van der Waals surface area contributed by atoms with Gasteiger partial charge in [-0.1, -0.05) is 13.0 Å². The Labute approximate surface area is 106 Å². The predicted octanol–water partition coefficient (Wildman–Crippen LogP) is 4.19. The second-order valence-electron chi connectivity index (χ2n) is 3.40. The van der Waals surface area contributed by atoms with Gasteiger partial charge in [-0.25, -0.2) is 0 Å². The number of halogens is 1. The number of rotatable bonds is 4. The first kappa shape index (κ1) is 13.1. The number of hydrogen-bond donors (Lipinski definition) is 0. The van der Waals surface area contributed by atoms with E-state index in [1.807, 2.05) is 13.0 Å². The maximum absolute atomic E-state index is 5.46. The third-order valence-corrected chi connectivity index (χ3v) is 2.76. The van der Waals surface area contributed by atoms with Gasteiger partial charge in [0.15, 0.2) is 0 Å². The van der Waals surface area contributed by atoms with Crippen molar-refractivity contribution in [1.82, 2.24) is 0 Å². The summed E-state index contributed by atoms with van der Waals surface area (Å²) in [6, 6.07) is 6.22. The molecule has 0 amide bonds. The molecule has 1 aromatic rings. The molecule has 0 atom stereocenters. The summed E-state index contributed by atoms with van der Waals surface area (Å²) in [5.74, 6) is 7.13. The van der Waals surface area contributed by atoms with E-state index in [0.29, 0.717) is 6.61 Å². The molecule has 1 rings (SSSR count). The van der Waals surface area contributed by atoms with Crippen LogP contribution in [0, 0.1) is 11.8 Å². The molecule has 0 saturated heterocycles. The van der Waals surface area contributed by atoms with Gasteiger partial charge in [0, 0.05) is 12.8 Å². The van der Waals surface area contributed by atoms with Crippen molar-refractivity contribution in [1.29, 1.82) is 0 Å². The summed E-state index contributed by atoms with van der Waals surface area (Å²) in [6.45, 7) is 4.75. The molecule has 0 heterocycles. The van der Waals surface area contributed by atoms with Crippen LogP contribution in [0.2, 0.25) is 0 Å². The van der Waals surface area contributed by atoms with E-state index in [9.17, 15) is 0 Å². The summed E-state index contributed by atoms with van der Waals surface area (Å²) in [5.41, 5.74) is 1.29. The molecule has 0 unspecified atom stereocenters. The second-order valence-corrected chi connectivity index (χ2v) is 4.26. The molecular weight excluding hydrogens is 264 g/mol. The van der Waals surface area contributed by atoms with E-state index in [1.54, 1.807) is 0 Å². The van der Waals surface area contributed by atoms with E-state index in [-0.39, 0.29) is 0 Å². The highest BCUT2D eigenvalue weighted by atomic mass is 79.9. The van der Waals surface area contributed by atoms with Gasteiger partial charge < -0.3 is 4.74 Å². The molecule has 0 fully saturated rings. The van der Waals surface area contributed by atoms with Crippen LogP contribution in [0.25, 0.3) is 0 Å². The fourth-order valence-electron chi connectivity index (χ4n) is 1.39. The number of benzene rings is 1. The SMILES string of the molecule is CCC#CCCc1ccc(OCC)c(Br)c1. The average molecular weight is 281 g/mol. The van der Waals surface area contributed by atoms with E-state index in [2.05, 4.69) is 46.8 Å². The fraction of sp³-hybridized carbons (Fsp3) is 0.429. The maximum atomic E-state index is 5.46. The van der Waals surface area contributed by atoms with Gasteiger partial charge in [-0.05, 0) is 47.0 Å². The van der Waals surface area contributed by atoms with Crippen molar-refractivity contribution in [3.05, 3.63) is 28.2 Å². The zero-order chi connectivity index (χ0) is 11.8. The first-order chi connectivity index (χ1) is 7.77. The van der Waals surface area contributed by atoms with Crippen LogP contribution in [-0.4, -0.2) is 6.61 Å². The van der Waals surface area contributed by atoms with E-state index in [4.69, 9.17) is 4.74 Å². The van der Waals surface area contributed by atoms with Crippen LogP contribution in [0.5, 0.6) is 5.75 Å². The minimum atomic E-state index is 0.694. The summed E-state index contributed by atoms with van der Waals surface area (Å²) in [4.78, 5) is 0. The molecule has 2 heteroatoms. The Kier molecular flexibility index (Phi) is 6.03. The number of hydrogen-bond acceptors (Lipinski definition) is 1. The molecule has 0 spiro atoms. The van der Waals surface area contributed by atoms with Crippen LogP contribution in [0.4, 0.5) is 0 Å². The molecule has 0 aromatic heterocycles. The summed E-state index contributed by atoms with van der Waals surface area (Å²) < 4.78 is 6.48. The largest absolute Gasteiger partial charge is 0.493 e. The average Bonchev–Trinajstić information content (AvgIpc) is 2.28. The molecule has 0 saturated carbocycles. The maximum Gasteiger partial charge on any atom is 0.133 e. The minimum absolute atomic E-state index is 0.694. The highest BCUT2D eigenvalue weighted by Gasteiger charge is 2.01. The van der Waals surface area contributed by atoms with Gasteiger partial charge >= 0.3 is 0 Å². The topological polar surface area (TPSA) is 9.23 Å². The Hall–Kier alpha value is -0.940. The van der Waals surface area contributed by atoms with Gasteiger partial charge in [0.1, 0.15) is 5.75 Å². The van der Waals surface area contributed by atoms with Crippen LogP contribution in [0.15, 0.2) is 22.7 Å². The molecule has 0 aliphatic rings. The lowest BCUT2D eigenvalue weighted by Gasteiger charge is -2.07. The van der Waals surface area contributed by atoms with Gasteiger partial charge in [0.05, 0.1) is 11.1 Å². The van der Waals surface area contributed by atoms with Crippen LogP contribution in [-0.2, 0) is 6.42 Å².